The van der Waals surface area contributed by atoms with E-state index >= 15 is 0 Å². The first kappa shape index (κ1) is 24.0. The van der Waals surface area contributed by atoms with Gasteiger partial charge in [0.05, 0.1) is 5.60 Å². The zero-order valence-corrected chi connectivity index (χ0v) is 20.7. The van der Waals surface area contributed by atoms with Crippen LogP contribution in [-0.2, 0) is 10.3 Å². The van der Waals surface area contributed by atoms with E-state index in [1.54, 1.807) is 13.3 Å². The van der Waals surface area contributed by atoms with E-state index in [-0.39, 0.29) is 6.10 Å². The van der Waals surface area contributed by atoms with Crippen LogP contribution in [0.1, 0.15) is 36.8 Å². The van der Waals surface area contributed by atoms with Gasteiger partial charge >= 0.3 is 0 Å². The number of piperidine rings is 1. The fraction of sp³-hybridized carbons (Fsp3) is 0.345. The van der Waals surface area contributed by atoms with Crippen LogP contribution >= 0.6 is 11.6 Å². The SMILES string of the molecule is COC1C=CC=C2Oc3ncccc3C(=CCCCN3CCC(O)(c4ccc(Cl)cc4)CC3)C=C21. The first-order valence-electron chi connectivity index (χ1n) is 12.2. The Balaban J connectivity index is 1.22. The molecule has 1 N–H and O–H groups in total. The second kappa shape index (κ2) is 10.5. The van der Waals surface area contributed by atoms with E-state index in [4.69, 9.17) is 21.1 Å². The van der Waals surface area contributed by atoms with Gasteiger partial charge in [0.25, 0.3) is 0 Å². The Labute approximate surface area is 212 Å². The Morgan fingerprint density at radius 3 is 2.80 bits per heavy atom. The Kier molecular flexibility index (Phi) is 7.21. The quantitative estimate of drug-likeness (QED) is 0.529. The van der Waals surface area contributed by atoms with Gasteiger partial charge in [0.15, 0.2) is 0 Å². The number of unbranched alkanes of at least 4 members (excludes halogenated alkanes) is 1. The van der Waals surface area contributed by atoms with Crippen molar-refractivity contribution in [3.63, 3.8) is 0 Å². The van der Waals surface area contributed by atoms with Crippen molar-refractivity contribution in [1.82, 2.24) is 9.88 Å². The summed E-state index contributed by atoms with van der Waals surface area (Å²) < 4.78 is 11.8. The number of likely N-dealkylation sites (tertiary alicyclic amines) is 1. The van der Waals surface area contributed by atoms with Gasteiger partial charge in [0, 0.05) is 42.6 Å². The molecule has 0 bridgehead atoms. The molecular formula is C29H31ClN2O3. The number of aromatic nitrogens is 1. The van der Waals surface area contributed by atoms with Crippen LogP contribution in [0.25, 0.3) is 5.57 Å². The molecule has 0 amide bonds. The monoisotopic (exact) mass is 490 g/mol. The molecule has 0 saturated carbocycles. The van der Waals surface area contributed by atoms with E-state index in [0.29, 0.717) is 10.9 Å². The molecule has 1 aromatic carbocycles. The van der Waals surface area contributed by atoms with Gasteiger partial charge in [-0.15, -0.1) is 0 Å². The number of pyridine rings is 1. The average Bonchev–Trinajstić information content (AvgIpc) is 3.04. The molecule has 1 atom stereocenters. The third kappa shape index (κ3) is 5.29. The first-order chi connectivity index (χ1) is 17.1. The Hall–Kier alpha value is -2.70. The molecule has 1 aromatic heterocycles. The fourth-order valence-electron chi connectivity index (χ4n) is 5.01. The number of halogens is 1. The predicted molar refractivity (Wildman–Crippen MR) is 139 cm³/mol. The van der Waals surface area contributed by atoms with Crippen molar-refractivity contribution in [2.75, 3.05) is 26.7 Å². The van der Waals surface area contributed by atoms with Crippen LogP contribution in [0.4, 0.5) is 0 Å². The van der Waals surface area contributed by atoms with E-state index in [1.165, 1.54) is 0 Å². The maximum absolute atomic E-state index is 11.1. The minimum absolute atomic E-state index is 0.138. The molecule has 1 unspecified atom stereocenters. The molecule has 1 aliphatic carbocycles. The van der Waals surface area contributed by atoms with Crippen LogP contribution < -0.4 is 4.74 Å². The lowest BCUT2D eigenvalue weighted by Gasteiger charge is -2.38. The molecule has 182 valence electrons. The summed E-state index contributed by atoms with van der Waals surface area (Å²) in [6.07, 6.45) is 15.5. The number of aliphatic hydroxyl groups is 1. The minimum atomic E-state index is -0.760. The molecule has 6 heteroatoms. The van der Waals surface area contributed by atoms with Gasteiger partial charge in [-0.05, 0) is 79.8 Å². The standard InChI is InChI=1S/C29H31ClN2O3/c1-34-26-8-4-9-27-25(26)20-21(24-7-5-16-31-28(24)35-27)6-2-3-17-32-18-14-29(33,15-19-32)22-10-12-23(30)13-11-22/h4-13,16,20,26,33H,2-3,14-15,17-19H2,1H3. The highest BCUT2D eigenvalue weighted by Gasteiger charge is 2.33. The lowest BCUT2D eigenvalue weighted by Crippen LogP contribution is -2.42. The topological polar surface area (TPSA) is 54.8 Å². The highest BCUT2D eigenvalue weighted by atomic mass is 35.5. The van der Waals surface area contributed by atoms with Gasteiger partial charge in [-0.2, -0.15) is 0 Å². The molecule has 2 aliphatic heterocycles. The zero-order valence-electron chi connectivity index (χ0n) is 20.0. The van der Waals surface area contributed by atoms with Gasteiger partial charge in [-0.1, -0.05) is 42.0 Å². The Bertz CT molecular complexity index is 1170. The number of fused-ring (bicyclic) bond motifs is 2. The summed E-state index contributed by atoms with van der Waals surface area (Å²) in [6.45, 7) is 2.77. The number of ether oxygens (including phenoxy) is 2. The number of hydrogen-bond acceptors (Lipinski definition) is 5. The molecule has 3 heterocycles. The van der Waals surface area contributed by atoms with E-state index < -0.39 is 5.60 Å². The molecule has 1 saturated heterocycles. The smallest absolute Gasteiger partial charge is 0.227 e. The van der Waals surface area contributed by atoms with E-state index in [9.17, 15) is 5.11 Å². The maximum atomic E-state index is 11.1. The van der Waals surface area contributed by atoms with Crippen LogP contribution in [0.5, 0.6) is 5.88 Å². The molecule has 1 fully saturated rings. The van der Waals surface area contributed by atoms with Crippen molar-refractivity contribution in [3.05, 3.63) is 100 Å². The van der Waals surface area contributed by atoms with Gasteiger partial charge in [0.2, 0.25) is 5.88 Å². The molecule has 2 aromatic rings. The molecule has 35 heavy (non-hydrogen) atoms. The van der Waals surface area contributed by atoms with Gasteiger partial charge in [0.1, 0.15) is 11.9 Å². The molecule has 3 aliphatic rings. The van der Waals surface area contributed by atoms with Crippen LogP contribution in [0.15, 0.2) is 84.3 Å². The number of nitrogens with zero attached hydrogens (tertiary/aromatic N) is 2. The van der Waals surface area contributed by atoms with Crippen molar-refractivity contribution in [1.29, 1.82) is 0 Å². The summed E-state index contributed by atoms with van der Waals surface area (Å²) in [4.78, 5) is 6.92. The van der Waals surface area contributed by atoms with Crippen LogP contribution in [0, 0.1) is 0 Å². The van der Waals surface area contributed by atoms with Crippen LogP contribution in [-0.4, -0.2) is 47.8 Å². The number of benzene rings is 1. The van der Waals surface area contributed by atoms with Gasteiger partial charge < -0.3 is 19.5 Å². The lowest BCUT2D eigenvalue weighted by molar-refractivity contribution is -0.0259. The summed E-state index contributed by atoms with van der Waals surface area (Å²) in [5.41, 5.74) is 3.32. The lowest BCUT2D eigenvalue weighted by atomic mass is 9.84. The Morgan fingerprint density at radius 1 is 1.23 bits per heavy atom. The van der Waals surface area contributed by atoms with E-state index in [2.05, 4.69) is 28.1 Å². The molecule has 0 radical (unpaired) electrons. The third-order valence-corrected chi connectivity index (χ3v) is 7.34. The second-order valence-corrected chi connectivity index (χ2v) is 9.75. The normalized spacial score (nSPS) is 22.5. The number of methoxy groups -OCH3 is 1. The average molecular weight is 491 g/mol. The molecule has 0 spiro atoms. The molecule has 5 rings (SSSR count). The summed E-state index contributed by atoms with van der Waals surface area (Å²) in [5.74, 6) is 1.41. The van der Waals surface area contributed by atoms with Gasteiger partial charge in [-0.3, -0.25) is 0 Å². The molecular weight excluding hydrogens is 460 g/mol. The fourth-order valence-corrected chi connectivity index (χ4v) is 5.14. The summed E-state index contributed by atoms with van der Waals surface area (Å²) in [5, 5.41) is 11.8. The summed E-state index contributed by atoms with van der Waals surface area (Å²) in [7, 11) is 1.71. The number of rotatable bonds is 6. The Morgan fingerprint density at radius 2 is 2.03 bits per heavy atom. The van der Waals surface area contributed by atoms with Crippen LogP contribution in [0.3, 0.4) is 0 Å². The highest BCUT2D eigenvalue weighted by molar-refractivity contribution is 6.30. The van der Waals surface area contributed by atoms with Crippen molar-refractivity contribution in [2.45, 2.75) is 37.4 Å². The summed E-state index contributed by atoms with van der Waals surface area (Å²) in [6, 6.07) is 11.6. The zero-order chi connectivity index (χ0) is 24.3. The van der Waals surface area contributed by atoms with Gasteiger partial charge in [-0.25, -0.2) is 4.98 Å². The molecule has 5 nitrogen and oxygen atoms in total. The number of allylic oxidation sites excluding steroid dienone is 5. The summed E-state index contributed by atoms with van der Waals surface area (Å²) >= 11 is 6.01. The van der Waals surface area contributed by atoms with Crippen molar-refractivity contribution in [2.24, 2.45) is 0 Å². The van der Waals surface area contributed by atoms with E-state index in [1.807, 2.05) is 48.6 Å². The largest absolute Gasteiger partial charge is 0.438 e. The van der Waals surface area contributed by atoms with Crippen LogP contribution in [0.2, 0.25) is 5.02 Å². The highest BCUT2D eigenvalue weighted by Crippen LogP contribution is 2.37. The number of hydrogen-bond donors (Lipinski definition) is 1. The third-order valence-electron chi connectivity index (χ3n) is 7.09. The van der Waals surface area contributed by atoms with E-state index in [0.717, 1.165) is 73.3 Å². The van der Waals surface area contributed by atoms with Crippen molar-refractivity contribution < 1.29 is 14.6 Å². The first-order valence-corrected chi connectivity index (χ1v) is 12.6. The van der Waals surface area contributed by atoms with Crippen molar-refractivity contribution in [3.8, 4) is 5.88 Å². The van der Waals surface area contributed by atoms with Crippen molar-refractivity contribution >= 4 is 17.2 Å². The predicted octanol–water partition coefficient (Wildman–Crippen LogP) is 5.67. The minimum Gasteiger partial charge on any atom is -0.438 e. The maximum Gasteiger partial charge on any atom is 0.227 e. The second-order valence-electron chi connectivity index (χ2n) is 9.31.